The Bertz CT molecular complexity index is 596. The van der Waals surface area contributed by atoms with E-state index in [0.29, 0.717) is 6.54 Å². The number of nitrogens with one attached hydrogen (secondary N) is 2. The third-order valence-corrected chi connectivity index (χ3v) is 6.43. The summed E-state index contributed by atoms with van der Waals surface area (Å²) in [5, 5.41) is 10.1. The van der Waals surface area contributed by atoms with Crippen molar-refractivity contribution in [2.45, 2.75) is 37.8 Å². The lowest BCUT2D eigenvalue weighted by Gasteiger charge is -2.45. The Labute approximate surface area is 184 Å². The molecular weight excluding hydrogens is 475 g/mol. The molecule has 2 saturated heterocycles. The van der Waals surface area contributed by atoms with Gasteiger partial charge in [-0.25, -0.2) is 4.98 Å². The zero-order chi connectivity index (χ0) is 18.4. The zero-order valence-electron chi connectivity index (χ0n) is 16.7. The van der Waals surface area contributed by atoms with E-state index in [1.165, 1.54) is 25.9 Å². The summed E-state index contributed by atoms with van der Waals surface area (Å²) in [5.74, 6) is 0.842. The molecule has 0 atom stereocenters. The summed E-state index contributed by atoms with van der Waals surface area (Å²) < 4.78 is 5.63. The van der Waals surface area contributed by atoms with Crippen LogP contribution >= 0.6 is 35.3 Å². The monoisotopic (exact) mass is 508 g/mol. The summed E-state index contributed by atoms with van der Waals surface area (Å²) in [4.78, 5) is 13.7. The maximum Gasteiger partial charge on any atom is 0.191 e. The van der Waals surface area contributed by atoms with E-state index >= 15 is 0 Å². The molecule has 2 aliphatic rings. The molecule has 3 heterocycles. The van der Waals surface area contributed by atoms with Crippen LogP contribution in [0.5, 0.6) is 0 Å². The quantitative estimate of drug-likeness (QED) is 0.349. The number of guanidine groups is 1. The van der Waals surface area contributed by atoms with Crippen LogP contribution in [0.25, 0.3) is 0 Å². The Hall–Kier alpha value is -0.650. The van der Waals surface area contributed by atoms with Gasteiger partial charge in [0.2, 0.25) is 0 Å². The van der Waals surface area contributed by atoms with Gasteiger partial charge >= 0.3 is 0 Å². The molecule has 2 N–H and O–H groups in total. The third kappa shape index (κ3) is 5.91. The van der Waals surface area contributed by atoms with Crippen molar-refractivity contribution in [2.24, 2.45) is 4.99 Å². The van der Waals surface area contributed by atoms with Crippen LogP contribution in [0.15, 0.2) is 10.4 Å². The first-order valence-corrected chi connectivity index (χ1v) is 10.4. The number of nitrogens with zero attached hydrogens (tertiary/aromatic N) is 4. The van der Waals surface area contributed by atoms with E-state index in [1.807, 2.05) is 26.0 Å². The second kappa shape index (κ2) is 10.8. The van der Waals surface area contributed by atoms with Gasteiger partial charge in [-0.1, -0.05) is 0 Å². The first-order valence-electron chi connectivity index (χ1n) is 9.52. The van der Waals surface area contributed by atoms with E-state index in [-0.39, 0.29) is 29.5 Å². The van der Waals surface area contributed by atoms with Gasteiger partial charge in [-0.05, 0) is 38.8 Å². The first kappa shape index (κ1) is 22.6. The fourth-order valence-electron chi connectivity index (χ4n) is 3.77. The summed E-state index contributed by atoms with van der Waals surface area (Å²) >= 11 is 1.66. The summed E-state index contributed by atoms with van der Waals surface area (Å²) in [5.41, 5.74) is 1.24. The van der Waals surface area contributed by atoms with Gasteiger partial charge in [-0.2, -0.15) is 0 Å². The first-order chi connectivity index (χ1) is 12.6. The third-order valence-electron chi connectivity index (χ3n) is 5.37. The van der Waals surface area contributed by atoms with Crippen LogP contribution in [-0.2, 0) is 11.3 Å². The normalized spacial score (nSPS) is 20.2. The molecule has 154 valence electrons. The molecule has 0 amide bonds. The summed E-state index contributed by atoms with van der Waals surface area (Å²) in [6, 6.07) is 0. The molecule has 27 heavy (non-hydrogen) atoms. The van der Waals surface area contributed by atoms with Crippen molar-refractivity contribution < 1.29 is 4.74 Å². The fraction of sp³-hybridized carbons (Fsp3) is 0.778. The van der Waals surface area contributed by atoms with E-state index in [4.69, 9.17) is 4.74 Å². The van der Waals surface area contributed by atoms with Crippen molar-refractivity contribution in [1.82, 2.24) is 20.5 Å². The second-order valence-corrected chi connectivity index (χ2v) is 8.16. The van der Waals surface area contributed by atoms with Gasteiger partial charge in [0.05, 0.1) is 12.2 Å². The van der Waals surface area contributed by atoms with Crippen LogP contribution in [0.1, 0.15) is 31.4 Å². The Balaban J connectivity index is 0.00000261. The average Bonchev–Trinajstić information content (AvgIpc) is 3.35. The van der Waals surface area contributed by atoms with Crippen molar-refractivity contribution in [2.75, 3.05) is 58.9 Å². The molecule has 0 saturated carbocycles. The number of halogens is 1. The molecule has 1 aromatic heterocycles. The molecule has 0 aromatic carbocycles. The Morgan fingerprint density at radius 1 is 1.30 bits per heavy atom. The van der Waals surface area contributed by atoms with Gasteiger partial charge in [-0.15, -0.1) is 35.3 Å². The van der Waals surface area contributed by atoms with E-state index in [9.17, 15) is 0 Å². The van der Waals surface area contributed by atoms with Crippen LogP contribution in [0, 0.1) is 0 Å². The van der Waals surface area contributed by atoms with E-state index in [0.717, 1.165) is 49.4 Å². The van der Waals surface area contributed by atoms with Gasteiger partial charge in [0.1, 0.15) is 0 Å². The summed E-state index contributed by atoms with van der Waals surface area (Å²) in [7, 11) is 5.86. The molecule has 0 unspecified atom stereocenters. The van der Waals surface area contributed by atoms with Gasteiger partial charge < -0.3 is 20.3 Å². The fourth-order valence-corrected chi connectivity index (χ4v) is 4.53. The van der Waals surface area contributed by atoms with Gasteiger partial charge in [-0.3, -0.25) is 9.89 Å². The number of anilines is 1. The highest BCUT2D eigenvalue weighted by Crippen LogP contribution is 2.30. The number of ether oxygens (including phenoxy) is 1. The highest BCUT2D eigenvalue weighted by atomic mass is 127. The largest absolute Gasteiger partial charge is 0.381 e. The van der Waals surface area contributed by atoms with E-state index in [2.05, 4.69) is 30.9 Å². The van der Waals surface area contributed by atoms with Crippen LogP contribution in [0.2, 0.25) is 0 Å². The molecule has 1 aromatic rings. The van der Waals surface area contributed by atoms with Gasteiger partial charge in [0.25, 0.3) is 0 Å². The molecular formula is C18H33IN6OS. The number of hydrogen-bond acceptors (Lipinski definition) is 6. The lowest BCUT2D eigenvalue weighted by molar-refractivity contribution is -0.0164. The molecule has 0 aliphatic carbocycles. The maximum atomic E-state index is 5.63. The highest BCUT2D eigenvalue weighted by molar-refractivity contribution is 14.0. The Morgan fingerprint density at radius 2 is 2.00 bits per heavy atom. The van der Waals surface area contributed by atoms with Crippen LogP contribution in [0.4, 0.5) is 5.13 Å². The molecule has 7 nitrogen and oxygen atoms in total. The SMILES string of the molecule is CN=C(NCc1csc(N(C)C)n1)NCC1(N2CCCC2)CCOCC1.I. The van der Waals surface area contributed by atoms with Crippen LogP contribution in [-0.4, -0.2) is 75.4 Å². The average molecular weight is 508 g/mol. The topological polar surface area (TPSA) is 65.0 Å². The molecule has 3 rings (SSSR count). The van der Waals surface area contributed by atoms with Gasteiger partial charge in [0.15, 0.2) is 11.1 Å². The number of likely N-dealkylation sites (tertiary alicyclic amines) is 1. The minimum absolute atomic E-state index is 0. The zero-order valence-corrected chi connectivity index (χ0v) is 19.8. The predicted molar refractivity (Wildman–Crippen MR) is 124 cm³/mol. The summed E-state index contributed by atoms with van der Waals surface area (Å²) in [6.07, 6.45) is 4.81. The minimum Gasteiger partial charge on any atom is -0.381 e. The standard InChI is InChI=1S/C18H32N6OS.HI/c1-19-16(20-12-15-13-26-17(22-15)23(2)3)21-14-18(6-10-25-11-7-18)24-8-4-5-9-24;/h13H,4-12,14H2,1-3H3,(H2,19,20,21);1H. The predicted octanol–water partition coefficient (Wildman–Crippen LogP) is 2.14. The number of aliphatic imine (C=N–C) groups is 1. The number of hydrogen-bond donors (Lipinski definition) is 2. The molecule has 0 radical (unpaired) electrons. The van der Waals surface area contributed by atoms with E-state index < -0.39 is 0 Å². The Morgan fingerprint density at radius 3 is 2.59 bits per heavy atom. The molecule has 2 aliphatic heterocycles. The number of aromatic nitrogens is 1. The molecule has 2 fully saturated rings. The molecule has 0 bridgehead atoms. The lowest BCUT2D eigenvalue weighted by atomic mass is 9.88. The number of rotatable bonds is 6. The van der Waals surface area contributed by atoms with Crippen molar-refractivity contribution in [3.8, 4) is 0 Å². The second-order valence-electron chi connectivity index (χ2n) is 7.33. The van der Waals surface area contributed by atoms with Crippen LogP contribution in [0.3, 0.4) is 0 Å². The minimum atomic E-state index is 0. The van der Waals surface area contributed by atoms with Crippen molar-refractivity contribution in [1.29, 1.82) is 0 Å². The molecule has 9 heteroatoms. The van der Waals surface area contributed by atoms with E-state index in [1.54, 1.807) is 11.3 Å². The van der Waals surface area contributed by atoms with Crippen molar-refractivity contribution in [3.05, 3.63) is 11.1 Å². The maximum absolute atomic E-state index is 5.63. The van der Waals surface area contributed by atoms with Crippen molar-refractivity contribution >= 4 is 46.4 Å². The van der Waals surface area contributed by atoms with Gasteiger partial charge in [0, 0.05) is 51.8 Å². The number of thiazole rings is 1. The lowest BCUT2D eigenvalue weighted by Crippen LogP contribution is -2.58. The Kier molecular flexibility index (Phi) is 9.03. The van der Waals surface area contributed by atoms with Crippen LogP contribution < -0.4 is 15.5 Å². The van der Waals surface area contributed by atoms with Crippen molar-refractivity contribution in [3.63, 3.8) is 0 Å². The highest BCUT2D eigenvalue weighted by Gasteiger charge is 2.39. The molecule has 0 spiro atoms. The summed E-state index contributed by atoms with van der Waals surface area (Å²) in [6.45, 7) is 5.73. The smallest absolute Gasteiger partial charge is 0.191 e.